The molecule has 0 saturated carbocycles. The molecule has 1 aliphatic heterocycles. The van der Waals surface area contributed by atoms with Gasteiger partial charge in [-0.2, -0.15) is 0 Å². The van der Waals surface area contributed by atoms with Crippen LogP contribution in [0.2, 0.25) is 0 Å². The highest BCUT2D eigenvalue weighted by atomic mass is 32.1. The van der Waals surface area contributed by atoms with E-state index in [9.17, 15) is 4.39 Å². The summed E-state index contributed by atoms with van der Waals surface area (Å²) in [4.78, 5) is 3.45. The predicted molar refractivity (Wildman–Crippen MR) is 90.1 cm³/mol. The van der Waals surface area contributed by atoms with Gasteiger partial charge in [0, 0.05) is 42.7 Å². The van der Waals surface area contributed by atoms with Gasteiger partial charge in [0.2, 0.25) is 0 Å². The van der Waals surface area contributed by atoms with Gasteiger partial charge in [0.1, 0.15) is 5.82 Å². The molecular formula is C17H21FN2O2S. The first-order valence-corrected chi connectivity index (χ1v) is 8.52. The monoisotopic (exact) mass is 336 g/mol. The van der Waals surface area contributed by atoms with Crippen molar-refractivity contribution in [1.82, 2.24) is 10.2 Å². The standard InChI is InChI=1S/C17H21FN2O2S/c1-21-14-10-12(13(18)11-15(14)22-2)17(16-4-3-9-23-16)20-7-5-19-6-8-20/h3-4,9-11,17,19H,5-8H2,1-2H3/t17-/m1/s1. The molecule has 0 bridgehead atoms. The van der Waals surface area contributed by atoms with E-state index in [0.29, 0.717) is 17.1 Å². The first-order valence-electron chi connectivity index (χ1n) is 7.64. The lowest BCUT2D eigenvalue weighted by atomic mass is 10.0. The molecule has 0 aliphatic carbocycles. The zero-order chi connectivity index (χ0) is 16.2. The Bertz CT molecular complexity index is 642. The highest BCUT2D eigenvalue weighted by Crippen LogP contribution is 2.38. The van der Waals surface area contributed by atoms with Crippen LogP contribution in [-0.2, 0) is 0 Å². The summed E-state index contributed by atoms with van der Waals surface area (Å²) in [7, 11) is 3.09. The molecule has 1 atom stereocenters. The molecule has 1 saturated heterocycles. The fraction of sp³-hybridized carbons (Fsp3) is 0.412. The maximum Gasteiger partial charge on any atom is 0.163 e. The molecule has 2 aromatic rings. The van der Waals surface area contributed by atoms with Crippen molar-refractivity contribution in [2.45, 2.75) is 6.04 Å². The summed E-state index contributed by atoms with van der Waals surface area (Å²) in [5.74, 6) is 0.708. The number of thiophene rings is 1. The molecule has 1 aromatic carbocycles. The molecule has 23 heavy (non-hydrogen) atoms. The zero-order valence-electron chi connectivity index (χ0n) is 13.3. The summed E-state index contributed by atoms with van der Waals surface area (Å²) in [6.07, 6.45) is 0. The second-order valence-electron chi connectivity index (χ2n) is 5.43. The topological polar surface area (TPSA) is 33.7 Å². The quantitative estimate of drug-likeness (QED) is 0.910. The van der Waals surface area contributed by atoms with Crippen LogP contribution < -0.4 is 14.8 Å². The van der Waals surface area contributed by atoms with Crippen molar-refractivity contribution in [2.24, 2.45) is 0 Å². The van der Waals surface area contributed by atoms with E-state index in [-0.39, 0.29) is 11.9 Å². The van der Waals surface area contributed by atoms with Crippen LogP contribution in [0.4, 0.5) is 4.39 Å². The Morgan fingerprint density at radius 2 is 1.87 bits per heavy atom. The smallest absolute Gasteiger partial charge is 0.163 e. The number of halogens is 1. The summed E-state index contributed by atoms with van der Waals surface area (Å²) in [5, 5.41) is 5.38. The highest BCUT2D eigenvalue weighted by Gasteiger charge is 2.28. The number of methoxy groups -OCH3 is 2. The van der Waals surface area contributed by atoms with Gasteiger partial charge in [0.05, 0.1) is 20.3 Å². The molecule has 124 valence electrons. The Kier molecular flexibility index (Phi) is 5.15. The van der Waals surface area contributed by atoms with Gasteiger partial charge in [-0.3, -0.25) is 4.90 Å². The van der Waals surface area contributed by atoms with Crippen LogP contribution >= 0.6 is 11.3 Å². The number of ether oxygens (including phenoxy) is 2. The van der Waals surface area contributed by atoms with E-state index >= 15 is 0 Å². The van der Waals surface area contributed by atoms with Gasteiger partial charge >= 0.3 is 0 Å². The molecule has 0 amide bonds. The number of nitrogens with zero attached hydrogens (tertiary/aromatic N) is 1. The van der Waals surface area contributed by atoms with Gasteiger partial charge in [-0.1, -0.05) is 6.07 Å². The van der Waals surface area contributed by atoms with Crippen LogP contribution in [0.25, 0.3) is 0 Å². The molecule has 4 nitrogen and oxygen atoms in total. The van der Waals surface area contributed by atoms with E-state index in [1.54, 1.807) is 24.5 Å². The van der Waals surface area contributed by atoms with Crippen molar-refractivity contribution in [3.05, 3.63) is 45.9 Å². The number of hydrogen-bond donors (Lipinski definition) is 1. The fourth-order valence-corrected chi connectivity index (χ4v) is 3.87. The molecule has 1 N–H and O–H groups in total. The van der Waals surface area contributed by atoms with E-state index in [0.717, 1.165) is 31.1 Å². The zero-order valence-corrected chi connectivity index (χ0v) is 14.2. The molecule has 0 spiro atoms. The summed E-state index contributed by atoms with van der Waals surface area (Å²) < 4.78 is 25.3. The lowest BCUT2D eigenvalue weighted by Gasteiger charge is -2.35. The average Bonchev–Trinajstić information content (AvgIpc) is 3.11. The first kappa shape index (κ1) is 16.2. The Labute approximate surface area is 139 Å². The van der Waals surface area contributed by atoms with Gasteiger partial charge in [-0.25, -0.2) is 4.39 Å². The maximum absolute atomic E-state index is 14.8. The number of rotatable bonds is 5. The van der Waals surface area contributed by atoms with Crippen LogP contribution in [0, 0.1) is 5.82 Å². The van der Waals surface area contributed by atoms with Gasteiger partial charge in [-0.15, -0.1) is 11.3 Å². The molecular weight excluding hydrogens is 315 g/mol. The lowest BCUT2D eigenvalue weighted by Crippen LogP contribution is -2.45. The summed E-state index contributed by atoms with van der Waals surface area (Å²) in [6.45, 7) is 3.60. The Balaban J connectivity index is 2.05. The Morgan fingerprint density at radius 1 is 1.17 bits per heavy atom. The number of benzene rings is 1. The second-order valence-corrected chi connectivity index (χ2v) is 6.41. The highest BCUT2D eigenvalue weighted by molar-refractivity contribution is 7.10. The van der Waals surface area contributed by atoms with E-state index in [1.807, 2.05) is 11.4 Å². The van der Waals surface area contributed by atoms with Crippen molar-refractivity contribution >= 4 is 11.3 Å². The molecule has 1 aliphatic rings. The normalized spacial score (nSPS) is 17.0. The molecule has 6 heteroatoms. The van der Waals surface area contributed by atoms with E-state index in [1.165, 1.54) is 13.2 Å². The second kappa shape index (κ2) is 7.29. The Hall–Kier alpha value is -1.63. The largest absolute Gasteiger partial charge is 0.493 e. The van der Waals surface area contributed by atoms with Gasteiger partial charge in [0.15, 0.2) is 11.5 Å². The third kappa shape index (κ3) is 3.34. The van der Waals surface area contributed by atoms with Crippen LogP contribution in [0.3, 0.4) is 0 Å². The third-order valence-electron chi connectivity index (χ3n) is 4.13. The summed E-state index contributed by atoms with van der Waals surface area (Å²) in [6, 6.07) is 7.15. The molecule has 1 aromatic heterocycles. The maximum atomic E-state index is 14.8. The first-order chi connectivity index (χ1) is 11.2. The van der Waals surface area contributed by atoms with Gasteiger partial charge in [-0.05, 0) is 17.5 Å². The van der Waals surface area contributed by atoms with Crippen molar-refractivity contribution in [2.75, 3.05) is 40.4 Å². The van der Waals surface area contributed by atoms with Crippen molar-refractivity contribution < 1.29 is 13.9 Å². The van der Waals surface area contributed by atoms with Crippen LogP contribution in [0.5, 0.6) is 11.5 Å². The number of hydrogen-bond acceptors (Lipinski definition) is 5. The summed E-state index contributed by atoms with van der Waals surface area (Å²) in [5.41, 5.74) is 0.631. The molecule has 1 fully saturated rings. The van der Waals surface area contributed by atoms with Gasteiger partial charge < -0.3 is 14.8 Å². The SMILES string of the molecule is COc1cc(F)c([C@H](c2cccs2)N2CCNCC2)cc1OC. The van der Waals surface area contributed by atoms with Crippen LogP contribution in [0.1, 0.15) is 16.5 Å². The minimum absolute atomic E-state index is 0.100. The van der Waals surface area contributed by atoms with E-state index in [2.05, 4.69) is 16.3 Å². The lowest BCUT2D eigenvalue weighted by molar-refractivity contribution is 0.197. The average molecular weight is 336 g/mol. The van der Waals surface area contributed by atoms with Gasteiger partial charge in [0.25, 0.3) is 0 Å². The molecule has 3 rings (SSSR count). The predicted octanol–water partition coefficient (Wildman–Crippen LogP) is 2.90. The van der Waals surface area contributed by atoms with E-state index in [4.69, 9.17) is 9.47 Å². The number of piperazine rings is 1. The molecule has 0 radical (unpaired) electrons. The number of nitrogens with one attached hydrogen (secondary N) is 1. The van der Waals surface area contributed by atoms with Crippen LogP contribution in [0.15, 0.2) is 29.6 Å². The molecule has 0 unspecified atom stereocenters. The molecule has 2 heterocycles. The van der Waals surface area contributed by atoms with Crippen LogP contribution in [-0.4, -0.2) is 45.3 Å². The van der Waals surface area contributed by atoms with Crippen molar-refractivity contribution in [3.8, 4) is 11.5 Å². The summed E-state index contributed by atoms with van der Waals surface area (Å²) >= 11 is 1.65. The minimum Gasteiger partial charge on any atom is -0.493 e. The Morgan fingerprint density at radius 3 is 2.48 bits per heavy atom. The van der Waals surface area contributed by atoms with Crippen molar-refractivity contribution in [3.63, 3.8) is 0 Å². The van der Waals surface area contributed by atoms with E-state index < -0.39 is 0 Å². The fourth-order valence-electron chi connectivity index (χ4n) is 3.00. The minimum atomic E-state index is -0.264. The third-order valence-corrected chi connectivity index (χ3v) is 5.05. The van der Waals surface area contributed by atoms with Crippen molar-refractivity contribution in [1.29, 1.82) is 0 Å².